The monoisotopic (exact) mass is 291 g/mol. The number of aromatic nitrogens is 1. The van der Waals surface area contributed by atoms with Crippen LogP contribution in [0.3, 0.4) is 0 Å². The zero-order valence-electron chi connectivity index (χ0n) is 11.4. The van der Waals surface area contributed by atoms with Gasteiger partial charge in [0, 0.05) is 11.6 Å². The van der Waals surface area contributed by atoms with E-state index in [9.17, 15) is 14.9 Å². The zero-order valence-corrected chi connectivity index (χ0v) is 11.4. The summed E-state index contributed by atoms with van der Waals surface area (Å²) in [4.78, 5) is 21.1. The quantitative estimate of drug-likeness (QED) is 0.641. The minimum absolute atomic E-state index is 0.151. The highest BCUT2D eigenvalue weighted by atomic mass is 16.6. The van der Waals surface area contributed by atoms with Gasteiger partial charge in [-0.3, -0.25) is 14.9 Å². The number of nitro groups is 1. The molecule has 8 nitrogen and oxygen atoms in total. The third-order valence-corrected chi connectivity index (χ3v) is 2.95. The SMILES string of the molecule is Cc1noc(C)c1-c1ccc(NCC(=O)O)c([N+](=O)[O-])c1. The summed E-state index contributed by atoms with van der Waals surface area (Å²) in [6.07, 6.45) is 0. The number of nitrogens with zero attached hydrogens (tertiary/aromatic N) is 2. The minimum atomic E-state index is -1.10. The van der Waals surface area contributed by atoms with Crippen molar-refractivity contribution in [3.05, 3.63) is 39.8 Å². The number of hydrogen-bond acceptors (Lipinski definition) is 6. The lowest BCUT2D eigenvalue weighted by molar-refractivity contribution is -0.383. The van der Waals surface area contributed by atoms with Crippen LogP contribution in [-0.4, -0.2) is 27.7 Å². The molecule has 0 saturated heterocycles. The van der Waals surface area contributed by atoms with Crippen LogP contribution in [0, 0.1) is 24.0 Å². The number of hydrogen-bond donors (Lipinski definition) is 2. The molecule has 0 spiro atoms. The van der Waals surface area contributed by atoms with E-state index in [1.807, 2.05) is 0 Å². The Labute approximate surface area is 119 Å². The Morgan fingerprint density at radius 1 is 1.48 bits per heavy atom. The van der Waals surface area contributed by atoms with E-state index in [-0.39, 0.29) is 11.4 Å². The summed E-state index contributed by atoms with van der Waals surface area (Å²) in [5.74, 6) is -0.535. The molecule has 0 saturated carbocycles. The lowest BCUT2D eigenvalue weighted by Crippen LogP contribution is -2.13. The molecule has 2 N–H and O–H groups in total. The molecule has 0 radical (unpaired) electrons. The Balaban J connectivity index is 2.45. The molecule has 0 atom stereocenters. The Hall–Kier alpha value is -2.90. The fourth-order valence-electron chi connectivity index (χ4n) is 2.05. The molecule has 1 aromatic carbocycles. The van der Waals surface area contributed by atoms with Crippen LogP contribution in [0.1, 0.15) is 11.5 Å². The van der Waals surface area contributed by atoms with Crippen molar-refractivity contribution >= 4 is 17.3 Å². The number of carboxylic acid groups (broad SMARTS) is 1. The van der Waals surface area contributed by atoms with Gasteiger partial charge in [0.05, 0.1) is 10.6 Å². The summed E-state index contributed by atoms with van der Waals surface area (Å²) in [5.41, 5.74) is 1.88. The number of carbonyl (C=O) groups is 1. The summed E-state index contributed by atoms with van der Waals surface area (Å²) in [6, 6.07) is 4.50. The largest absolute Gasteiger partial charge is 0.480 e. The number of benzene rings is 1. The Morgan fingerprint density at radius 2 is 2.19 bits per heavy atom. The molecule has 0 aliphatic rings. The second-order valence-corrected chi connectivity index (χ2v) is 4.44. The van der Waals surface area contributed by atoms with Crippen molar-refractivity contribution in [3.8, 4) is 11.1 Å². The molecule has 2 aromatic rings. The first-order valence-corrected chi connectivity index (χ1v) is 6.07. The molecule has 21 heavy (non-hydrogen) atoms. The van der Waals surface area contributed by atoms with Crippen LogP contribution in [0.15, 0.2) is 22.7 Å². The molecule has 110 valence electrons. The fourth-order valence-corrected chi connectivity index (χ4v) is 2.05. The first-order chi connectivity index (χ1) is 9.90. The van der Waals surface area contributed by atoms with Crippen LogP contribution in [0.25, 0.3) is 11.1 Å². The summed E-state index contributed by atoms with van der Waals surface area (Å²) >= 11 is 0. The molecule has 8 heteroatoms. The summed E-state index contributed by atoms with van der Waals surface area (Å²) in [5, 5.41) is 26.1. The predicted octanol–water partition coefficient (Wildman–Crippen LogP) is 2.36. The van der Waals surface area contributed by atoms with Gasteiger partial charge in [0.15, 0.2) is 0 Å². The van der Waals surface area contributed by atoms with E-state index in [1.54, 1.807) is 19.9 Å². The number of aliphatic carboxylic acids is 1. The van der Waals surface area contributed by atoms with E-state index in [0.29, 0.717) is 22.6 Å². The first-order valence-electron chi connectivity index (χ1n) is 6.07. The maximum atomic E-state index is 11.1. The number of nitro benzene ring substituents is 1. The average molecular weight is 291 g/mol. The van der Waals surface area contributed by atoms with E-state index in [4.69, 9.17) is 9.63 Å². The van der Waals surface area contributed by atoms with Crippen molar-refractivity contribution in [3.63, 3.8) is 0 Å². The zero-order chi connectivity index (χ0) is 15.6. The molecule has 0 fully saturated rings. The van der Waals surface area contributed by atoms with Gasteiger partial charge in [0.1, 0.15) is 18.0 Å². The molecule has 1 aromatic heterocycles. The molecular weight excluding hydrogens is 278 g/mol. The van der Waals surface area contributed by atoms with E-state index in [2.05, 4.69) is 10.5 Å². The molecule has 0 aliphatic heterocycles. The number of anilines is 1. The summed E-state index contributed by atoms with van der Waals surface area (Å²) in [7, 11) is 0. The van der Waals surface area contributed by atoms with Gasteiger partial charge in [-0.05, 0) is 25.5 Å². The van der Waals surface area contributed by atoms with Gasteiger partial charge in [0.25, 0.3) is 5.69 Å². The van der Waals surface area contributed by atoms with Crippen LogP contribution < -0.4 is 5.32 Å². The highest BCUT2D eigenvalue weighted by Crippen LogP contribution is 2.33. The minimum Gasteiger partial charge on any atom is -0.480 e. The van der Waals surface area contributed by atoms with Gasteiger partial charge in [0.2, 0.25) is 0 Å². The molecule has 0 bridgehead atoms. The van der Waals surface area contributed by atoms with E-state index >= 15 is 0 Å². The molecule has 0 amide bonds. The van der Waals surface area contributed by atoms with Crippen LogP contribution in [-0.2, 0) is 4.79 Å². The smallest absolute Gasteiger partial charge is 0.322 e. The fraction of sp³-hybridized carbons (Fsp3) is 0.231. The number of aryl methyl sites for hydroxylation is 2. The Bertz CT molecular complexity index is 688. The average Bonchev–Trinajstić information content (AvgIpc) is 2.75. The number of carboxylic acids is 1. The normalized spacial score (nSPS) is 10.4. The van der Waals surface area contributed by atoms with Crippen molar-refractivity contribution in [1.29, 1.82) is 0 Å². The Kier molecular flexibility index (Phi) is 3.88. The van der Waals surface area contributed by atoms with E-state index < -0.39 is 17.4 Å². The predicted molar refractivity (Wildman–Crippen MR) is 74.2 cm³/mol. The van der Waals surface area contributed by atoms with Crippen LogP contribution in [0.4, 0.5) is 11.4 Å². The topological polar surface area (TPSA) is 118 Å². The molecule has 0 unspecified atom stereocenters. The van der Waals surface area contributed by atoms with Gasteiger partial charge in [-0.25, -0.2) is 0 Å². The lowest BCUT2D eigenvalue weighted by atomic mass is 10.0. The van der Waals surface area contributed by atoms with Crippen molar-refractivity contribution in [2.75, 3.05) is 11.9 Å². The maximum Gasteiger partial charge on any atom is 0.322 e. The molecule has 1 heterocycles. The lowest BCUT2D eigenvalue weighted by Gasteiger charge is -2.07. The number of nitrogens with one attached hydrogen (secondary N) is 1. The maximum absolute atomic E-state index is 11.1. The summed E-state index contributed by atoms with van der Waals surface area (Å²) < 4.78 is 5.05. The van der Waals surface area contributed by atoms with Crippen molar-refractivity contribution < 1.29 is 19.3 Å². The van der Waals surface area contributed by atoms with E-state index in [0.717, 1.165) is 0 Å². The van der Waals surface area contributed by atoms with Gasteiger partial charge >= 0.3 is 5.97 Å². The standard InChI is InChI=1S/C13H13N3O5/c1-7-13(8(2)21-15-7)9-3-4-10(14-6-12(17)18)11(5-9)16(19)20/h3-5,14H,6H2,1-2H3,(H,17,18). The van der Waals surface area contributed by atoms with E-state index in [1.165, 1.54) is 12.1 Å². The third-order valence-electron chi connectivity index (χ3n) is 2.95. The van der Waals surface area contributed by atoms with Gasteiger partial charge < -0.3 is 14.9 Å². The highest BCUT2D eigenvalue weighted by Gasteiger charge is 2.19. The van der Waals surface area contributed by atoms with Gasteiger partial charge in [-0.2, -0.15) is 0 Å². The molecule has 2 rings (SSSR count). The first kappa shape index (κ1) is 14.5. The van der Waals surface area contributed by atoms with Gasteiger partial charge in [-0.15, -0.1) is 0 Å². The van der Waals surface area contributed by atoms with Crippen LogP contribution >= 0.6 is 0 Å². The molecule has 0 aliphatic carbocycles. The third kappa shape index (κ3) is 2.99. The van der Waals surface area contributed by atoms with Crippen LogP contribution in [0.2, 0.25) is 0 Å². The Morgan fingerprint density at radius 3 is 2.71 bits per heavy atom. The second kappa shape index (κ2) is 5.61. The number of rotatable bonds is 5. The van der Waals surface area contributed by atoms with Crippen molar-refractivity contribution in [2.45, 2.75) is 13.8 Å². The van der Waals surface area contributed by atoms with Crippen molar-refractivity contribution in [2.24, 2.45) is 0 Å². The van der Waals surface area contributed by atoms with Crippen LogP contribution in [0.5, 0.6) is 0 Å². The summed E-state index contributed by atoms with van der Waals surface area (Å²) in [6.45, 7) is 3.07. The van der Waals surface area contributed by atoms with Gasteiger partial charge in [-0.1, -0.05) is 11.2 Å². The second-order valence-electron chi connectivity index (χ2n) is 4.44. The molecular formula is C13H13N3O5. The van der Waals surface area contributed by atoms with Crippen molar-refractivity contribution in [1.82, 2.24) is 5.16 Å². The highest BCUT2D eigenvalue weighted by molar-refractivity contribution is 5.78.